The van der Waals surface area contributed by atoms with E-state index in [1.165, 1.54) is 7.11 Å². The van der Waals surface area contributed by atoms with Crippen molar-refractivity contribution in [1.82, 2.24) is 5.32 Å². The molecule has 1 saturated heterocycles. The molecule has 0 spiro atoms. The summed E-state index contributed by atoms with van der Waals surface area (Å²) in [5, 5.41) is 21.7. The molecule has 0 aliphatic carbocycles. The third-order valence-electron chi connectivity index (χ3n) is 2.08. The predicted molar refractivity (Wildman–Crippen MR) is 41.6 cm³/mol. The number of aliphatic hydroxyl groups excluding tert-OH is 2. The molecular weight excluding hydrogens is 162 g/mol. The Kier molecular flexibility index (Phi) is 3.42. The van der Waals surface area contributed by atoms with Crippen molar-refractivity contribution < 1.29 is 19.7 Å². The van der Waals surface area contributed by atoms with Crippen molar-refractivity contribution in [3.05, 3.63) is 0 Å². The van der Waals surface area contributed by atoms with Gasteiger partial charge in [0.15, 0.2) is 6.29 Å². The maximum Gasteiger partial charge on any atom is 0.185 e. The summed E-state index contributed by atoms with van der Waals surface area (Å²) in [6.07, 6.45) is -2.54. The molecule has 12 heavy (non-hydrogen) atoms. The van der Waals surface area contributed by atoms with Crippen LogP contribution in [0.25, 0.3) is 0 Å². The van der Waals surface area contributed by atoms with Gasteiger partial charge in [0.05, 0.1) is 12.6 Å². The second-order valence-corrected chi connectivity index (χ2v) is 2.81. The summed E-state index contributed by atoms with van der Waals surface area (Å²) >= 11 is 0. The fraction of sp³-hybridized carbons (Fsp3) is 1.00. The summed E-state index contributed by atoms with van der Waals surface area (Å²) in [4.78, 5) is 0. The zero-order valence-electron chi connectivity index (χ0n) is 7.23. The van der Waals surface area contributed by atoms with Crippen LogP contribution in [0.2, 0.25) is 0 Å². The van der Waals surface area contributed by atoms with E-state index < -0.39 is 18.5 Å². The van der Waals surface area contributed by atoms with Crippen molar-refractivity contribution in [2.75, 3.05) is 20.8 Å². The highest BCUT2D eigenvalue weighted by molar-refractivity contribution is 4.86. The smallest absolute Gasteiger partial charge is 0.185 e. The van der Waals surface area contributed by atoms with E-state index >= 15 is 0 Å². The Balaban J connectivity index is 2.52. The SMILES string of the molecule is CNC1COC(OC)C(O)C1O. The molecule has 0 amide bonds. The van der Waals surface area contributed by atoms with Gasteiger partial charge in [-0.25, -0.2) is 0 Å². The summed E-state index contributed by atoms with van der Waals surface area (Å²) in [7, 11) is 3.14. The molecule has 0 aromatic carbocycles. The zero-order chi connectivity index (χ0) is 9.14. The van der Waals surface area contributed by atoms with Crippen LogP contribution < -0.4 is 5.32 Å². The van der Waals surface area contributed by atoms with E-state index in [-0.39, 0.29) is 6.04 Å². The highest BCUT2D eigenvalue weighted by Crippen LogP contribution is 2.15. The maximum absolute atomic E-state index is 9.47. The highest BCUT2D eigenvalue weighted by Gasteiger charge is 2.37. The Morgan fingerprint density at radius 3 is 2.58 bits per heavy atom. The molecular formula is C7H15NO4. The average Bonchev–Trinajstić information content (AvgIpc) is 2.10. The first-order chi connectivity index (χ1) is 5.70. The van der Waals surface area contributed by atoms with Gasteiger partial charge in [0.1, 0.15) is 12.2 Å². The van der Waals surface area contributed by atoms with Gasteiger partial charge in [-0.3, -0.25) is 0 Å². The minimum absolute atomic E-state index is 0.230. The van der Waals surface area contributed by atoms with Crippen molar-refractivity contribution >= 4 is 0 Å². The second-order valence-electron chi connectivity index (χ2n) is 2.81. The first-order valence-electron chi connectivity index (χ1n) is 3.88. The normalized spacial score (nSPS) is 43.0. The van der Waals surface area contributed by atoms with Gasteiger partial charge in [-0.15, -0.1) is 0 Å². The van der Waals surface area contributed by atoms with Crippen LogP contribution in [0.15, 0.2) is 0 Å². The lowest BCUT2D eigenvalue weighted by atomic mass is 10.0. The van der Waals surface area contributed by atoms with Gasteiger partial charge >= 0.3 is 0 Å². The van der Waals surface area contributed by atoms with E-state index in [0.29, 0.717) is 6.61 Å². The molecule has 0 aromatic rings. The Morgan fingerprint density at radius 2 is 2.08 bits per heavy atom. The third kappa shape index (κ3) is 1.75. The molecule has 0 saturated carbocycles. The number of methoxy groups -OCH3 is 1. The molecule has 1 rings (SSSR count). The lowest BCUT2D eigenvalue weighted by Gasteiger charge is -2.36. The van der Waals surface area contributed by atoms with Gasteiger partial charge < -0.3 is 25.0 Å². The molecule has 1 fully saturated rings. The van der Waals surface area contributed by atoms with Gasteiger partial charge in [0.2, 0.25) is 0 Å². The Bertz CT molecular complexity index is 127. The molecule has 5 heteroatoms. The molecule has 0 aromatic heterocycles. The minimum Gasteiger partial charge on any atom is -0.388 e. The lowest BCUT2D eigenvalue weighted by Crippen LogP contribution is -2.57. The minimum atomic E-state index is -0.985. The quantitative estimate of drug-likeness (QED) is 0.469. The first-order valence-corrected chi connectivity index (χ1v) is 3.88. The van der Waals surface area contributed by atoms with Crippen LogP contribution in [0.5, 0.6) is 0 Å². The van der Waals surface area contributed by atoms with Crippen LogP contribution in [-0.4, -0.2) is 55.5 Å². The summed E-state index contributed by atoms with van der Waals surface area (Å²) in [6, 6.07) is -0.230. The number of likely N-dealkylation sites (N-methyl/N-ethyl adjacent to an activating group) is 1. The van der Waals surface area contributed by atoms with Crippen LogP contribution in [0, 0.1) is 0 Å². The Hall–Kier alpha value is -0.200. The van der Waals surface area contributed by atoms with E-state index in [1.807, 2.05) is 0 Å². The number of aliphatic hydroxyl groups is 2. The van der Waals surface area contributed by atoms with Crippen LogP contribution in [0.3, 0.4) is 0 Å². The maximum atomic E-state index is 9.47. The number of rotatable bonds is 2. The third-order valence-corrected chi connectivity index (χ3v) is 2.08. The van der Waals surface area contributed by atoms with Gasteiger partial charge in [-0.1, -0.05) is 0 Å². The van der Waals surface area contributed by atoms with E-state index in [0.717, 1.165) is 0 Å². The topological polar surface area (TPSA) is 71.0 Å². The molecule has 72 valence electrons. The molecule has 5 nitrogen and oxygen atoms in total. The molecule has 4 unspecified atom stereocenters. The molecule has 3 N–H and O–H groups in total. The standard InChI is InChI=1S/C7H15NO4/c1-8-4-3-12-7(11-2)6(10)5(4)9/h4-10H,3H2,1-2H3. The fourth-order valence-electron chi connectivity index (χ4n) is 1.26. The number of ether oxygens (including phenoxy) is 2. The molecule has 1 aliphatic rings. The Morgan fingerprint density at radius 1 is 1.42 bits per heavy atom. The summed E-state index contributed by atoms with van der Waals surface area (Å²) in [5.74, 6) is 0. The van der Waals surface area contributed by atoms with Crippen LogP contribution >= 0.6 is 0 Å². The largest absolute Gasteiger partial charge is 0.388 e. The zero-order valence-corrected chi connectivity index (χ0v) is 7.23. The molecule has 1 heterocycles. The van der Waals surface area contributed by atoms with Crippen molar-refractivity contribution in [2.24, 2.45) is 0 Å². The fourth-order valence-corrected chi connectivity index (χ4v) is 1.26. The highest BCUT2D eigenvalue weighted by atomic mass is 16.7. The van der Waals surface area contributed by atoms with Crippen molar-refractivity contribution in [3.8, 4) is 0 Å². The van der Waals surface area contributed by atoms with Crippen molar-refractivity contribution in [1.29, 1.82) is 0 Å². The number of hydrogen-bond acceptors (Lipinski definition) is 5. The monoisotopic (exact) mass is 177 g/mol. The van der Waals surface area contributed by atoms with Gasteiger partial charge in [0.25, 0.3) is 0 Å². The van der Waals surface area contributed by atoms with E-state index in [4.69, 9.17) is 9.47 Å². The van der Waals surface area contributed by atoms with Crippen molar-refractivity contribution in [2.45, 2.75) is 24.5 Å². The summed E-state index contributed by atoms with van der Waals surface area (Å²) in [5.41, 5.74) is 0. The van der Waals surface area contributed by atoms with Gasteiger partial charge in [-0.05, 0) is 7.05 Å². The van der Waals surface area contributed by atoms with E-state index in [2.05, 4.69) is 5.32 Å². The molecule has 4 atom stereocenters. The average molecular weight is 177 g/mol. The second kappa shape index (κ2) is 4.15. The van der Waals surface area contributed by atoms with Crippen LogP contribution in [0.1, 0.15) is 0 Å². The number of nitrogens with one attached hydrogen (secondary N) is 1. The van der Waals surface area contributed by atoms with Gasteiger partial charge in [-0.2, -0.15) is 0 Å². The summed E-state index contributed by atoms with van der Waals surface area (Å²) in [6.45, 7) is 0.341. The summed E-state index contributed by atoms with van der Waals surface area (Å²) < 4.78 is 9.93. The lowest BCUT2D eigenvalue weighted by molar-refractivity contribution is -0.240. The predicted octanol–water partition coefficient (Wildman–Crippen LogP) is -1.70. The Labute approximate surface area is 71.3 Å². The van der Waals surface area contributed by atoms with Crippen LogP contribution in [0.4, 0.5) is 0 Å². The first kappa shape index (κ1) is 9.88. The van der Waals surface area contributed by atoms with E-state index in [1.54, 1.807) is 7.05 Å². The van der Waals surface area contributed by atoms with Gasteiger partial charge in [0, 0.05) is 7.11 Å². The molecule has 1 aliphatic heterocycles. The number of hydrogen-bond donors (Lipinski definition) is 3. The molecule has 0 radical (unpaired) electrons. The molecule has 0 bridgehead atoms. The van der Waals surface area contributed by atoms with E-state index in [9.17, 15) is 10.2 Å². The van der Waals surface area contributed by atoms with Crippen LogP contribution in [-0.2, 0) is 9.47 Å². The van der Waals surface area contributed by atoms with Crippen molar-refractivity contribution in [3.63, 3.8) is 0 Å².